The van der Waals surface area contributed by atoms with Gasteiger partial charge in [-0.15, -0.1) is 0 Å². The minimum Gasteiger partial charge on any atom is -0.455 e. The average molecular weight is 667 g/mol. The third kappa shape index (κ3) is 4.26. The third-order valence-electron chi connectivity index (χ3n) is 11.0. The number of aromatic nitrogens is 2. The van der Waals surface area contributed by atoms with Gasteiger partial charge in [0.15, 0.2) is 5.82 Å². The van der Waals surface area contributed by atoms with E-state index in [1.807, 2.05) is 30.4 Å². The van der Waals surface area contributed by atoms with Crippen molar-refractivity contribution in [2.24, 2.45) is 0 Å². The van der Waals surface area contributed by atoms with Crippen LogP contribution in [0, 0.1) is 0 Å². The summed E-state index contributed by atoms with van der Waals surface area (Å²) in [6.45, 7) is 12.5. The van der Waals surface area contributed by atoms with Crippen LogP contribution < -0.4 is 0 Å². The standard InChI is InChI=1S/C49H34N2O/c1-5-14-29(6-2)30-21-23-32(24-22-30)42-28-41(31-15-8-7-9-16-31)50-48(51-42)37-26-25-36-33-17-10-11-18-34(33)38-27-39-35-19-12-13-20-40(35)49(3,4)45(39)47-44(38)43(36)46(37)52-47/h5-28H,1-2H2,3-4H3/b29-14+. The fraction of sp³-hybridized carbons (Fsp3) is 0.0612. The number of furan rings is 1. The van der Waals surface area contributed by atoms with Crippen LogP contribution in [0.25, 0.3) is 94.1 Å². The van der Waals surface area contributed by atoms with E-state index in [1.54, 1.807) is 6.08 Å². The molecule has 0 radical (unpaired) electrons. The molecule has 9 aromatic rings. The Morgan fingerprint density at radius 1 is 0.596 bits per heavy atom. The Balaban J connectivity index is 1.27. The molecule has 2 heterocycles. The first-order valence-electron chi connectivity index (χ1n) is 17.7. The van der Waals surface area contributed by atoms with Gasteiger partial charge in [-0.1, -0.05) is 154 Å². The maximum atomic E-state index is 7.25. The van der Waals surface area contributed by atoms with Gasteiger partial charge in [-0.05, 0) is 67.6 Å². The minimum atomic E-state index is -0.231. The molecule has 0 unspecified atom stereocenters. The highest BCUT2D eigenvalue weighted by Gasteiger charge is 2.39. The number of rotatable bonds is 6. The number of nitrogens with zero attached hydrogens (tertiary/aromatic N) is 2. The molecular formula is C49H34N2O. The van der Waals surface area contributed by atoms with Crippen LogP contribution >= 0.6 is 0 Å². The van der Waals surface area contributed by atoms with Gasteiger partial charge in [-0.25, -0.2) is 9.97 Å². The van der Waals surface area contributed by atoms with Crippen LogP contribution in [0.2, 0.25) is 0 Å². The Hall–Kier alpha value is -6.58. The number of hydrogen-bond acceptors (Lipinski definition) is 3. The zero-order valence-electron chi connectivity index (χ0n) is 29.1. The number of hydrogen-bond donors (Lipinski definition) is 0. The molecule has 0 N–H and O–H groups in total. The van der Waals surface area contributed by atoms with Crippen LogP contribution in [0.1, 0.15) is 30.5 Å². The summed E-state index contributed by atoms with van der Waals surface area (Å²) >= 11 is 0. The zero-order valence-corrected chi connectivity index (χ0v) is 29.1. The molecule has 52 heavy (non-hydrogen) atoms. The maximum Gasteiger partial charge on any atom is 0.164 e. The monoisotopic (exact) mass is 666 g/mol. The smallest absolute Gasteiger partial charge is 0.164 e. The van der Waals surface area contributed by atoms with Crippen LogP contribution in [0.5, 0.6) is 0 Å². The molecule has 0 spiro atoms. The largest absolute Gasteiger partial charge is 0.455 e. The van der Waals surface area contributed by atoms with Crippen molar-refractivity contribution in [3.63, 3.8) is 0 Å². The van der Waals surface area contributed by atoms with E-state index in [2.05, 4.69) is 136 Å². The van der Waals surface area contributed by atoms with Crippen LogP contribution in [0.3, 0.4) is 0 Å². The highest BCUT2D eigenvalue weighted by molar-refractivity contribution is 6.35. The van der Waals surface area contributed by atoms with Crippen molar-refractivity contribution in [3.8, 4) is 45.0 Å². The molecule has 2 aromatic heterocycles. The molecule has 0 bridgehead atoms. The second-order valence-corrected chi connectivity index (χ2v) is 14.2. The highest BCUT2D eigenvalue weighted by atomic mass is 16.3. The summed E-state index contributed by atoms with van der Waals surface area (Å²) < 4.78 is 7.25. The lowest BCUT2D eigenvalue weighted by Crippen LogP contribution is -2.15. The van der Waals surface area contributed by atoms with E-state index in [1.165, 1.54) is 49.2 Å². The van der Waals surface area contributed by atoms with E-state index in [9.17, 15) is 0 Å². The molecule has 0 atom stereocenters. The summed E-state index contributed by atoms with van der Waals surface area (Å²) in [4.78, 5) is 10.5. The molecule has 1 aliphatic rings. The summed E-state index contributed by atoms with van der Waals surface area (Å²) in [5.41, 5.74) is 13.3. The molecule has 0 amide bonds. The van der Waals surface area contributed by atoms with Gasteiger partial charge in [-0.2, -0.15) is 0 Å². The van der Waals surface area contributed by atoms with E-state index in [4.69, 9.17) is 14.4 Å². The van der Waals surface area contributed by atoms with Gasteiger partial charge in [0.2, 0.25) is 0 Å². The first kappa shape index (κ1) is 30.3. The molecular weight excluding hydrogens is 633 g/mol. The molecule has 1 aliphatic carbocycles. The second-order valence-electron chi connectivity index (χ2n) is 14.2. The average Bonchev–Trinajstić information content (AvgIpc) is 3.70. The molecule has 0 saturated carbocycles. The maximum absolute atomic E-state index is 7.25. The lowest BCUT2D eigenvalue weighted by atomic mass is 9.81. The van der Waals surface area contributed by atoms with Gasteiger partial charge in [0.1, 0.15) is 11.2 Å². The fourth-order valence-corrected chi connectivity index (χ4v) is 8.56. The molecule has 3 nitrogen and oxygen atoms in total. The lowest BCUT2D eigenvalue weighted by Gasteiger charge is -2.21. The SMILES string of the molecule is C=C/C=C(\C=C)c1ccc(-c2cc(-c3ccccc3)nc(-c3ccc4c5ccccc5c5cc6c(c7oc3c4c75)C(C)(C)c3ccccc3-6)n2)cc1. The van der Waals surface area contributed by atoms with E-state index in [0.717, 1.165) is 55.8 Å². The Bertz CT molecular complexity index is 2940. The third-order valence-corrected chi connectivity index (χ3v) is 11.0. The number of benzene rings is 7. The summed E-state index contributed by atoms with van der Waals surface area (Å²) in [5.74, 6) is 0.629. The second kappa shape index (κ2) is 11.2. The predicted molar refractivity (Wildman–Crippen MR) is 218 cm³/mol. The molecule has 246 valence electrons. The van der Waals surface area contributed by atoms with Gasteiger partial charge in [0.25, 0.3) is 0 Å². The van der Waals surface area contributed by atoms with Gasteiger partial charge in [0.05, 0.1) is 17.0 Å². The van der Waals surface area contributed by atoms with Crippen molar-refractivity contribution >= 4 is 49.1 Å². The zero-order chi connectivity index (χ0) is 35.1. The predicted octanol–water partition coefficient (Wildman–Crippen LogP) is 13.2. The van der Waals surface area contributed by atoms with E-state index >= 15 is 0 Å². The van der Waals surface area contributed by atoms with E-state index < -0.39 is 0 Å². The quantitative estimate of drug-likeness (QED) is 0.131. The molecule has 7 aromatic carbocycles. The molecule has 10 rings (SSSR count). The van der Waals surface area contributed by atoms with Crippen molar-refractivity contribution < 1.29 is 4.42 Å². The van der Waals surface area contributed by atoms with Crippen molar-refractivity contribution in [1.29, 1.82) is 0 Å². The number of fused-ring (bicyclic) bond motifs is 7. The van der Waals surface area contributed by atoms with Crippen molar-refractivity contribution in [2.45, 2.75) is 19.3 Å². The van der Waals surface area contributed by atoms with Crippen molar-refractivity contribution in [3.05, 3.63) is 175 Å². The lowest BCUT2D eigenvalue weighted by molar-refractivity contribution is 0.620. The summed E-state index contributed by atoms with van der Waals surface area (Å²) in [7, 11) is 0. The van der Waals surface area contributed by atoms with Crippen LogP contribution in [-0.4, -0.2) is 9.97 Å². The van der Waals surface area contributed by atoms with E-state index in [-0.39, 0.29) is 5.41 Å². The van der Waals surface area contributed by atoms with Gasteiger partial charge in [-0.3, -0.25) is 0 Å². The molecule has 0 fully saturated rings. The van der Waals surface area contributed by atoms with Gasteiger partial charge >= 0.3 is 0 Å². The van der Waals surface area contributed by atoms with Crippen LogP contribution in [0.15, 0.2) is 163 Å². The molecule has 3 heteroatoms. The molecule has 0 saturated heterocycles. The van der Waals surface area contributed by atoms with Gasteiger partial charge < -0.3 is 4.42 Å². The van der Waals surface area contributed by atoms with Crippen LogP contribution in [-0.2, 0) is 5.41 Å². The fourth-order valence-electron chi connectivity index (χ4n) is 8.56. The Morgan fingerprint density at radius 2 is 1.25 bits per heavy atom. The molecule has 0 aliphatic heterocycles. The normalized spacial score (nSPS) is 13.6. The van der Waals surface area contributed by atoms with Crippen molar-refractivity contribution in [2.75, 3.05) is 0 Å². The Kier molecular flexibility index (Phi) is 6.53. The minimum absolute atomic E-state index is 0.231. The summed E-state index contributed by atoms with van der Waals surface area (Å²) in [6.07, 6.45) is 5.60. The first-order valence-corrected chi connectivity index (χ1v) is 17.7. The first-order chi connectivity index (χ1) is 25.5. The van der Waals surface area contributed by atoms with Gasteiger partial charge in [0, 0.05) is 32.9 Å². The highest BCUT2D eigenvalue weighted by Crippen LogP contribution is 2.56. The number of allylic oxidation sites excluding steroid dienone is 4. The topological polar surface area (TPSA) is 38.9 Å². The van der Waals surface area contributed by atoms with Crippen LogP contribution in [0.4, 0.5) is 0 Å². The van der Waals surface area contributed by atoms with Crippen molar-refractivity contribution in [1.82, 2.24) is 9.97 Å². The Morgan fingerprint density at radius 3 is 1.98 bits per heavy atom. The van der Waals surface area contributed by atoms with E-state index in [0.29, 0.717) is 5.82 Å². The Labute approximate surface area is 302 Å². The summed E-state index contributed by atoms with van der Waals surface area (Å²) in [5, 5.41) is 7.13. The summed E-state index contributed by atoms with van der Waals surface area (Å²) in [6, 6.07) is 45.2.